The third-order valence-electron chi connectivity index (χ3n) is 3.13. The fourth-order valence-corrected chi connectivity index (χ4v) is 2.34. The second-order valence-corrected chi connectivity index (χ2v) is 5.28. The molecule has 0 fully saturated rings. The van der Waals surface area contributed by atoms with Gasteiger partial charge in [-0.15, -0.1) is 0 Å². The Balaban J connectivity index is 2.57. The van der Waals surface area contributed by atoms with Crippen molar-refractivity contribution in [3.05, 3.63) is 28.8 Å². The van der Waals surface area contributed by atoms with Crippen molar-refractivity contribution < 1.29 is 4.74 Å². The summed E-state index contributed by atoms with van der Waals surface area (Å²) in [4.78, 5) is 0. The zero-order chi connectivity index (χ0) is 11.1. The molecule has 2 rings (SSSR count). The van der Waals surface area contributed by atoms with Gasteiger partial charge < -0.3 is 4.74 Å². The fourth-order valence-electron chi connectivity index (χ4n) is 2.34. The zero-order valence-electron chi connectivity index (χ0n) is 10.2. The van der Waals surface area contributed by atoms with Gasteiger partial charge in [-0.05, 0) is 23.0 Å². The Labute approximate surface area is 92.5 Å². The Morgan fingerprint density at radius 3 is 2.60 bits per heavy atom. The van der Waals surface area contributed by atoms with Crippen LogP contribution in [0.2, 0.25) is 0 Å². The van der Waals surface area contributed by atoms with Gasteiger partial charge in [0, 0.05) is 12.0 Å². The molecule has 1 aliphatic heterocycles. The van der Waals surface area contributed by atoms with E-state index in [0.717, 1.165) is 19.4 Å². The summed E-state index contributed by atoms with van der Waals surface area (Å²) in [5.74, 6) is 1.17. The first-order chi connectivity index (χ1) is 7.04. The van der Waals surface area contributed by atoms with Crippen molar-refractivity contribution in [1.29, 1.82) is 0 Å². The highest BCUT2D eigenvalue weighted by molar-refractivity contribution is 5.51. The fraction of sp³-hybridized carbons (Fsp3) is 0.571. The molecule has 0 N–H and O–H groups in total. The molecule has 0 unspecified atom stereocenters. The number of hydrogen-bond donors (Lipinski definition) is 0. The molecular weight excluding hydrogens is 184 g/mol. The maximum Gasteiger partial charge on any atom is 0.126 e. The van der Waals surface area contributed by atoms with Gasteiger partial charge in [-0.1, -0.05) is 39.8 Å². The molecule has 1 aromatic rings. The van der Waals surface area contributed by atoms with Gasteiger partial charge in [0.25, 0.3) is 0 Å². The smallest absolute Gasteiger partial charge is 0.126 e. The van der Waals surface area contributed by atoms with Crippen LogP contribution >= 0.6 is 0 Å². The van der Waals surface area contributed by atoms with Crippen molar-refractivity contribution in [2.75, 3.05) is 6.61 Å². The Kier molecular flexibility index (Phi) is 2.49. The molecule has 0 aromatic heterocycles. The molecule has 0 spiro atoms. The normalized spacial score (nSPS) is 14.9. The molecule has 0 aliphatic carbocycles. The van der Waals surface area contributed by atoms with Crippen LogP contribution in [0.4, 0.5) is 0 Å². The van der Waals surface area contributed by atoms with Crippen molar-refractivity contribution in [3.8, 4) is 5.75 Å². The summed E-state index contributed by atoms with van der Waals surface area (Å²) in [6.07, 6.45) is 2.14. The van der Waals surface area contributed by atoms with Gasteiger partial charge in [0.2, 0.25) is 0 Å². The van der Waals surface area contributed by atoms with Crippen LogP contribution in [-0.4, -0.2) is 6.61 Å². The van der Waals surface area contributed by atoms with Crippen molar-refractivity contribution in [2.45, 2.75) is 46.0 Å². The van der Waals surface area contributed by atoms with Crippen LogP contribution in [0.3, 0.4) is 0 Å². The minimum absolute atomic E-state index is 0.226. The van der Waals surface area contributed by atoms with E-state index in [0.29, 0.717) is 0 Å². The molecule has 1 heterocycles. The van der Waals surface area contributed by atoms with Crippen LogP contribution < -0.4 is 4.74 Å². The SMILES string of the molecule is CCc1ccc(C(C)(C)C)c2c1OCC2. The Morgan fingerprint density at radius 2 is 2.00 bits per heavy atom. The van der Waals surface area contributed by atoms with E-state index in [2.05, 4.69) is 39.8 Å². The highest BCUT2D eigenvalue weighted by atomic mass is 16.5. The first kappa shape index (κ1) is 10.5. The Morgan fingerprint density at radius 1 is 1.27 bits per heavy atom. The van der Waals surface area contributed by atoms with Crippen LogP contribution in [0.25, 0.3) is 0 Å². The van der Waals surface area contributed by atoms with Crippen LogP contribution in [0.15, 0.2) is 12.1 Å². The molecule has 1 aliphatic rings. The minimum Gasteiger partial charge on any atom is -0.493 e. The van der Waals surface area contributed by atoms with E-state index >= 15 is 0 Å². The van der Waals surface area contributed by atoms with Crippen LogP contribution in [0, 0.1) is 0 Å². The summed E-state index contributed by atoms with van der Waals surface area (Å²) in [6.45, 7) is 9.86. The van der Waals surface area contributed by atoms with Crippen molar-refractivity contribution in [3.63, 3.8) is 0 Å². The summed E-state index contributed by atoms with van der Waals surface area (Å²) in [7, 11) is 0. The number of benzene rings is 1. The third-order valence-corrected chi connectivity index (χ3v) is 3.13. The zero-order valence-corrected chi connectivity index (χ0v) is 10.2. The van der Waals surface area contributed by atoms with E-state index in [-0.39, 0.29) is 5.41 Å². The van der Waals surface area contributed by atoms with Crippen LogP contribution in [-0.2, 0) is 18.3 Å². The van der Waals surface area contributed by atoms with Crippen molar-refractivity contribution in [2.24, 2.45) is 0 Å². The minimum atomic E-state index is 0.226. The second-order valence-electron chi connectivity index (χ2n) is 5.28. The van der Waals surface area contributed by atoms with Crippen LogP contribution in [0.5, 0.6) is 5.75 Å². The van der Waals surface area contributed by atoms with Crippen molar-refractivity contribution in [1.82, 2.24) is 0 Å². The van der Waals surface area contributed by atoms with E-state index in [1.807, 2.05) is 0 Å². The van der Waals surface area contributed by atoms with Gasteiger partial charge in [0.05, 0.1) is 6.61 Å². The number of ether oxygens (including phenoxy) is 1. The summed E-state index contributed by atoms with van der Waals surface area (Å²) < 4.78 is 5.76. The van der Waals surface area contributed by atoms with Gasteiger partial charge in [0.1, 0.15) is 5.75 Å². The monoisotopic (exact) mass is 204 g/mol. The van der Waals surface area contributed by atoms with Gasteiger partial charge in [0.15, 0.2) is 0 Å². The van der Waals surface area contributed by atoms with E-state index in [4.69, 9.17) is 4.74 Å². The maximum absolute atomic E-state index is 5.76. The predicted octanol–water partition coefficient (Wildman–Crippen LogP) is 3.48. The van der Waals surface area contributed by atoms with Gasteiger partial charge in [-0.2, -0.15) is 0 Å². The lowest BCUT2D eigenvalue weighted by atomic mass is 9.82. The largest absolute Gasteiger partial charge is 0.493 e. The number of fused-ring (bicyclic) bond motifs is 1. The molecule has 1 heteroatoms. The highest BCUT2D eigenvalue weighted by Crippen LogP contribution is 2.38. The molecule has 0 amide bonds. The summed E-state index contributed by atoms with van der Waals surface area (Å²) in [5, 5.41) is 0. The Hall–Kier alpha value is -0.980. The molecular formula is C14H20O. The Bertz CT molecular complexity index is 372. The first-order valence-electron chi connectivity index (χ1n) is 5.82. The molecule has 0 saturated carbocycles. The lowest BCUT2D eigenvalue weighted by Gasteiger charge is -2.22. The lowest BCUT2D eigenvalue weighted by molar-refractivity contribution is 0.353. The maximum atomic E-state index is 5.76. The second kappa shape index (κ2) is 3.55. The van der Waals surface area contributed by atoms with E-state index in [1.54, 1.807) is 0 Å². The van der Waals surface area contributed by atoms with Gasteiger partial charge in [-0.25, -0.2) is 0 Å². The standard InChI is InChI=1S/C14H20O/c1-5-10-6-7-12(14(2,3)4)11-8-9-15-13(10)11/h6-7H,5,8-9H2,1-4H3. The van der Waals surface area contributed by atoms with E-state index < -0.39 is 0 Å². The molecule has 1 aromatic carbocycles. The number of hydrogen-bond acceptors (Lipinski definition) is 1. The van der Waals surface area contributed by atoms with Gasteiger partial charge in [-0.3, -0.25) is 0 Å². The number of rotatable bonds is 1. The summed E-state index contributed by atoms with van der Waals surface area (Å²) in [6, 6.07) is 4.51. The van der Waals surface area contributed by atoms with Crippen LogP contribution in [0.1, 0.15) is 44.4 Å². The highest BCUT2D eigenvalue weighted by Gasteiger charge is 2.25. The summed E-state index contributed by atoms with van der Waals surface area (Å²) >= 11 is 0. The quantitative estimate of drug-likeness (QED) is 0.680. The molecule has 82 valence electrons. The molecule has 0 bridgehead atoms. The molecule has 0 atom stereocenters. The first-order valence-corrected chi connectivity index (χ1v) is 5.82. The third kappa shape index (κ3) is 1.75. The van der Waals surface area contributed by atoms with E-state index in [1.165, 1.54) is 22.4 Å². The average Bonchev–Trinajstić information content (AvgIpc) is 2.62. The molecule has 0 saturated heterocycles. The molecule has 0 radical (unpaired) electrons. The number of aryl methyl sites for hydroxylation is 1. The summed E-state index contributed by atoms with van der Waals surface area (Å²) in [5.41, 5.74) is 4.48. The predicted molar refractivity (Wildman–Crippen MR) is 63.7 cm³/mol. The van der Waals surface area contributed by atoms with E-state index in [9.17, 15) is 0 Å². The molecule has 15 heavy (non-hydrogen) atoms. The van der Waals surface area contributed by atoms with Crippen molar-refractivity contribution >= 4 is 0 Å². The molecule has 1 nitrogen and oxygen atoms in total. The lowest BCUT2D eigenvalue weighted by Crippen LogP contribution is -2.13. The topological polar surface area (TPSA) is 9.23 Å². The van der Waals surface area contributed by atoms with Gasteiger partial charge >= 0.3 is 0 Å². The average molecular weight is 204 g/mol.